The second-order valence-electron chi connectivity index (χ2n) is 7.54. The fourth-order valence-electron chi connectivity index (χ4n) is 4.10. The van der Waals surface area contributed by atoms with Gasteiger partial charge < -0.3 is 18.4 Å². The first-order valence-corrected chi connectivity index (χ1v) is 10.4. The van der Waals surface area contributed by atoms with E-state index in [1.165, 1.54) is 12.8 Å². The number of aromatic nitrogens is 1. The summed E-state index contributed by atoms with van der Waals surface area (Å²) in [5, 5.41) is 4.30. The third-order valence-corrected chi connectivity index (χ3v) is 5.67. The van der Waals surface area contributed by atoms with Gasteiger partial charge in [-0.2, -0.15) is 0 Å². The Kier molecular flexibility index (Phi) is 6.23. The molecule has 1 unspecified atom stereocenters. The highest BCUT2D eigenvalue weighted by Crippen LogP contribution is 2.42. The molecule has 2 aromatic heterocycles. The lowest BCUT2D eigenvalue weighted by molar-refractivity contribution is 0.227. The minimum atomic E-state index is -0.160. The number of likely N-dealkylation sites (tertiary alicyclic amines) is 1. The predicted molar refractivity (Wildman–Crippen MR) is 114 cm³/mol. The second-order valence-corrected chi connectivity index (χ2v) is 7.54. The van der Waals surface area contributed by atoms with E-state index in [1.54, 1.807) is 13.4 Å². The molecule has 0 amide bonds. The standard InChI is InChI=1S/C24H28N2O4/c1-4-19(26-13-8-9-14-26)23-21(17(2)22-20(27-3)12-15-28-22)24(25-30-23)29-16-18-10-6-5-7-11-18/h4-7,10-12,15,17,19H,1,8-9,13-14,16H2,2-3H3/t17?,19-/m0/s1. The van der Waals surface area contributed by atoms with Crippen LogP contribution in [-0.2, 0) is 6.61 Å². The van der Waals surface area contributed by atoms with Gasteiger partial charge >= 0.3 is 0 Å². The zero-order chi connectivity index (χ0) is 20.9. The maximum Gasteiger partial charge on any atom is 0.258 e. The highest BCUT2D eigenvalue weighted by molar-refractivity contribution is 5.43. The number of furan rings is 1. The van der Waals surface area contributed by atoms with Crippen molar-refractivity contribution in [1.29, 1.82) is 0 Å². The van der Waals surface area contributed by atoms with Crippen LogP contribution < -0.4 is 9.47 Å². The lowest BCUT2D eigenvalue weighted by Crippen LogP contribution is -2.24. The quantitative estimate of drug-likeness (QED) is 0.446. The Balaban J connectivity index is 1.70. The minimum Gasteiger partial charge on any atom is -0.493 e. The smallest absolute Gasteiger partial charge is 0.258 e. The third kappa shape index (κ3) is 4.00. The first-order chi connectivity index (χ1) is 14.7. The zero-order valence-electron chi connectivity index (χ0n) is 17.5. The van der Waals surface area contributed by atoms with E-state index in [4.69, 9.17) is 18.4 Å². The normalized spacial score (nSPS) is 16.3. The van der Waals surface area contributed by atoms with Crippen molar-refractivity contribution >= 4 is 0 Å². The summed E-state index contributed by atoms with van der Waals surface area (Å²) < 4.78 is 23.2. The largest absolute Gasteiger partial charge is 0.493 e. The van der Waals surface area contributed by atoms with Gasteiger partial charge in [0.25, 0.3) is 5.88 Å². The monoisotopic (exact) mass is 408 g/mol. The van der Waals surface area contributed by atoms with Crippen molar-refractivity contribution in [1.82, 2.24) is 10.1 Å². The Hall–Kier alpha value is -2.99. The van der Waals surface area contributed by atoms with Gasteiger partial charge in [-0.05, 0) is 36.7 Å². The van der Waals surface area contributed by atoms with E-state index in [-0.39, 0.29) is 12.0 Å². The van der Waals surface area contributed by atoms with E-state index in [9.17, 15) is 0 Å². The SMILES string of the molecule is C=C[C@@H](c1onc(OCc2ccccc2)c1C(C)c1occc1OC)N1CCCC1. The molecule has 0 radical (unpaired) electrons. The van der Waals surface area contributed by atoms with Gasteiger partial charge in [-0.15, -0.1) is 6.58 Å². The van der Waals surface area contributed by atoms with Crippen LogP contribution in [-0.4, -0.2) is 30.3 Å². The number of nitrogens with zero attached hydrogens (tertiary/aromatic N) is 2. The lowest BCUT2D eigenvalue weighted by atomic mass is 9.95. The maximum atomic E-state index is 6.11. The molecule has 3 heterocycles. The van der Waals surface area contributed by atoms with Crippen LogP contribution in [0.4, 0.5) is 0 Å². The van der Waals surface area contributed by atoms with Gasteiger partial charge in [-0.25, -0.2) is 0 Å². The van der Waals surface area contributed by atoms with Crippen molar-refractivity contribution in [3.63, 3.8) is 0 Å². The fourth-order valence-corrected chi connectivity index (χ4v) is 4.10. The number of benzene rings is 1. The second kappa shape index (κ2) is 9.22. The number of ether oxygens (including phenoxy) is 2. The first kappa shape index (κ1) is 20.3. The van der Waals surface area contributed by atoms with Gasteiger partial charge in [0.1, 0.15) is 6.61 Å². The number of hydrogen-bond acceptors (Lipinski definition) is 6. The molecule has 158 valence electrons. The molecule has 1 aliphatic heterocycles. The fraction of sp³-hybridized carbons (Fsp3) is 0.375. The van der Waals surface area contributed by atoms with E-state index in [2.05, 4.69) is 23.6 Å². The van der Waals surface area contributed by atoms with E-state index in [0.717, 1.165) is 35.7 Å². The topological polar surface area (TPSA) is 60.9 Å². The molecule has 4 rings (SSSR count). The summed E-state index contributed by atoms with van der Waals surface area (Å²) >= 11 is 0. The van der Waals surface area contributed by atoms with E-state index < -0.39 is 0 Å². The number of rotatable bonds is 9. The third-order valence-electron chi connectivity index (χ3n) is 5.67. The van der Waals surface area contributed by atoms with Crippen molar-refractivity contribution in [2.75, 3.05) is 20.2 Å². The Morgan fingerprint density at radius 3 is 2.63 bits per heavy atom. The molecule has 1 aliphatic rings. The summed E-state index contributed by atoms with van der Waals surface area (Å²) in [5.41, 5.74) is 1.94. The molecule has 1 saturated heterocycles. The molecule has 1 aromatic carbocycles. The van der Waals surface area contributed by atoms with Crippen molar-refractivity contribution < 1.29 is 18.4 Å². The van der Waals surface area contributed by atoms with Crippen LogP contribution in [0.1, 0.15) is 54.4 Å². The maximum absolute atomic E-state index is 6.11. The van der Waals surface area contributed by atoms with Crippen LogP contribution in [0.5, 0.6) is 11.6 Å². The minimum absolute atomic E-state index is 0.0625. The highest BCUT2D eigenvalue weighted by atomic mass is 16.5. The molecule has 0 aliphatic carbocycles. The van der Waals surface area contributed by atoms with E-state index in [1.807, 2.05) is 42.5 Å². The van der Waals surface area contributed by atoms with Gasteiger partial charge in [0.15, 0.2) is 17.3 Å². The molecule has 1 fully saturated rings. The molecule has 2 atom stereocenters. The summed E-state index contributed by atoms with van der Waals surface area (Å²) in [4.78, 5) is 2.37. The zero-order valence-corrected chi connectivity index (χ0v) is 17.5. The van der Waals surface area contributed by atoms with E-state index >= 15 is 0 Å². The first-order valence-electron chi connectivity index (χ1n) is 10.4. The summed E-state index contributed by atoms with van der Waals surface area (Å²) in [5.74, 6) is 2.48. The summed E-state index contributed by atoms with van der Waals surface area (Å²) in [6, 6.07) is 11.8. The number of methoxy groups -OCH3 is 1. The van der Waals surface area contributed by atoms with Crippen LogP contribution >= 0.6 is 0 Å². The van der Waals surface area contributed by atoms with Crippen molar-refractivity contribution in [2.45, 2.75) is 38.3 Å². The van der Waals surface area contributed by atoms with Crippen LogP contribution in [0.15, 0.2) is 64.3 Å². The number of hydrogen-bond donors (Lipinski definition) is 0. The van der Waals surface area contributed by atoms with Crippen LogP contribution in [0.25, 0.3) is 0 Å². The summed E-state index contributed by atoms with van der Waals surface area (Å²) in [6.45, 7) is 8.54. The molecule has 6 heteroatoms. The molecule has 0 spiro atoms. The van der Waals surface area contributed by atoms with Crippen molar-refractivity contribution in [3.05, 3.63) is 78.0 Å². The summed E-state index contributed by atoms with van der Waals surface area (Å²) in [6.07, 6.45) is 5.90. The van der Waals surface area contributed by atoms with Crippen molar-refractivity contribution in [2.24, 2.45) is 0 Å². The molecule has 3 aromatic rings. The predicted octanol–water partition coefficient (Wildman–Crippen LogP) is 5.33. The molecule has 0 N–H and O–H groups in total. The molecular formula is C24H28N2O4. The highest BCUT2D eigenvalue weighted by Gasteiger charge is 2.34. The van der Waals surface area contributed by atoms with Gasteiger partial charge in [0.2, 0.25) is 0 Å². The van der Waals surface area contributed by atoms with Gasteiger partial charge in [-0.1, -0.05) is 43.3 Å². The van der Waals surface area contributed by atoms with Crippen LogP contribution in [0.2, 0.25) is 0 Å². The molecular weight excluding hydrogens is 380 g/mol. The molecule has 6 nitrogen and oxygen atoms in total. The van der Waals surface area contributed by atoms with Gasteiger partial charge in [-0.3, -0.25) is 4.90 Å². The Bertz CT molecular complexity index is 957. The average molecular weight is 408 g/mol. The van der Waals surface area contributed by atoms with Gasteiger partial charge in [0, 0.05) is 6.07 Å². The Morgan fingerprint density at radius 1 is 1.17 bits per heavy atom. The summed E-state index contributed by atoms with van der Waals surface area (Å²) in [7, 11) is 1.64. The Morgan fingerprint density at radius 2 is 1.93 bits per heavy atom. The van der Waals surface area contributed by atoms with Gasteiger partial charge in [0.05, 0.1) is 30.9 Å². The van der Waals surface area contributed by atoms with E-state index in [0.29, 0.717) is 18.2 Å². The molecule has 30 heavy (non-hydrogen) atoms. The lowest BCUT2D eigenvalue weighted by Gasteiger charge is -2.24. The van der Waals surface area contributed by atoms with Crippen LogP contribution in [0.3, 0.4) is 0 Å². The Labute approximate surface area is 177 Å². The molecule has 0 saturated carbocycles. The van der Waals surface area contributed by atoms with Crippen LogP contribution in [0, 0.1) is 0 Å². The van der Waals surface area contributed by atoms with Crippen molar-refractivity contribution in [3.8, 4) is 11.6 Å². The average Bonchev–Trinajstić information content (AvgIpc) is 3.54. The molecule has 0 bridgehead atoms.